The number of anilines is 2. The molecule has 9 rings (SSSR count). The number of amides is 2. The highest BCUT2D eigenvalue weighted by Crippen LogP contribution is 2.54. The Kier molecular flexibility index (Phi) is 13.7. The number of hydrogen-bond acceptors (Lipinski definition) is 6. The second kappa shape index (κ2) is 20.0. The molecule has 5 heterocycles. The van der Waals surface area contributed by atoms with Crippen LogP contribution in [0, 0.1) is 25.3 Å². The third-order valence-electron chi connectivity index (χ3n) is 14.8. The topological polar surface area (TPSA) is 98.7 Å². The van der Waals surface area contributed by atoms with Gasteiger partial charge in [-0.1, -0.05) is 121 Å². The molecule has 0 saturated heterocycles. The van der Waals surface area contributed by atoms with Crippen molar-refractivity contribution in [3.05, 3.63) is 147 Å². The van der Waals surface area contributed by atoms with E-state index in [1.807, 2.05) is 34.1 Å². The fourth-order valence-electron chi connectivity index (χ4n) is 11.0. The van der Waals surface area contributed by atoms with Gasteiger partial charge in [0.25, 0.3) is 17.5 Å². The summed E-state index contributed by atoms with van der Waals surface area (Å²) >= 11 is 1.68. The summed E-state index contributed by atoms with van der Waals surface area (Å²) in [4.78, 5) is 53.8. The zero-order valence-corrected chi connectivity index (χ0v) is 40.8. The molecule has 4 atom stereocenters. The number of carbonyl (C=O) groups excluding carboxylic acids is 2. The predicted molar refractivity (Wildman–Crippen MR) is 274 cm³/mol. The Morgan fingerprint density at radius 3 is 2.03 bits per heavy atom. The van der Waals surface area contributed by atoms with Gasteiger partial charge in [0.2, 0.25) is 0 Å². The van der Waals surface area contributed by atoms with E-state index in [9.17, 15) is 9.90 Å². The average Bonchev–Trinajstić information content (AvgIpc) is 4.23. The van der Waals surface area contributed by atoms with Crippen LogP contribution in [0.2, 0.25) is 0 Å². The summed E-state index contributed by atoms with van der Waals surface area (Å²) in [6.07, 6.45) is 12.9. The SMILES string of the molecule is [C-]#[N+]/C(=C\c1ccc(-c2ccc(C3=C4C(=O)N(CC(CC)CCCC)C(c5ccc(-c6ccc7c(c6)C6CCCC6N7c6ccc(C)cc6)s5)=C4C(=O)N3CC(CC)CCCC)cc2)o1)C(=O)O. The van der Waals surface area contributed by atoms with E-state index >= 15 is 9.59 Å². The lowest BCUT2D eigenvalue weighted by Crippen LogP contribution is -2.34. The number of benzene rings is 3. The maximum absolute atomic E-state index is 15.4. The van der Waals surface area contributed by atoms with Crippen LogP contribution >= 0.6 is 11.3 Å². The van der Waals surface area contributed by atoms with Gasteiger partial charge in [0.05, 0.1) is 34.0 Å². The molecule has 2 amide bonds. The number of carbonyl (C=O) groups is 3. The first-order valence-corrected chi connectivity index (χ1v) is 25.6. The molecule has 1 fully saturated rings. The van der Waals surface area contributed by atoms with Gasteiger partial charge in [-0.05, 0) is 116 Å². The van der Waals surface area contributed by atoms with E-state index < -0.39 is 11.7 Å². The fraction of sp³-hybridized carbons (Fsp3) is 0.379. The maximum atomic E-state index is 15.4. The monoisotopic (exact) mass is 926 g/mol. The molecule has 10 heteroatoms. The zero-order valence-electron chi connectivity index (χ0n) is 40.0. The molecule has 4 aliphatic rings. The molecule has 0 radical (unpaired) electrons. The number of nitrogens with zero attached hydrogens (tertiary/aromatic N) is 4. The largest absolute Gasteiger partial charge is 0.486 e. The van der Waals surface area contributed by atoms with Crippen molar-refractivity contribution in [2.75, 3.05) is 18.0 Å². The Morgan fingerprint density at radius 1 is 0.779 bits per heavy atom. The molecule has 0 spiro atoms. The summed E-state index contributed by atoms with van der Waals surface area (Å²) in [5.74, 6) is 0.239. The van der Waals surface area contributed by atoms with Crippen LogP contribution in [0.25, 0.3) is 44.1 Å². The summed E-state index contributed by atoms with van der Waals surface area (Å²) in [6, 6.07) is 31.8. The van der Waals surface area contributed by atoms with Crippen LogP contribution in [-0.2, 0) is 14.4 Å². The van der Waals surface area contributed by atoms with E-state index in [2.05, 4.69) is 99.0 Å². The van der Waals surface area contributed by atoms with Crippen LogP contribution in [0.3, 0.4) is 0 Å². The second-order valence-electron chi connectivity index (χ2n) is 19.1. The Balaban J connectivity index is 1.13. The first kappa shape index (κ1) is 46.7. The third kappa shape index (κ3) is 8.78. The van der Waals surface area contributed by atoms with Crippen molar-refractivity contribution in [1.82, 2.24) is 9.80 Å². The minimum Gasteiger partial charge on any atom is -0.486 e. The number of hydrogen-bond donors (Lipinski definition) is 1. The number of furan rings is 1. The van der Waals surface area contributed by atoms with Crippen LogP contribution in [0.4, 0.5) is 11.4 Å². The standard InChI is InChI=1S/C58H62N4O5S/c1-7-11-14-37(9-3)34-60-54(40-22-20-39(21-23-40)49-29-27-43(67-49)33-46(59-6)58(65)66)52-53(57(60)64)55(61(56(52)63)35-38(10-4)15-12-8-2)51-31-30-50(68-51)41-24-28-48-45(32-41)44-16-13-17-47(44)62(48)42-25-18-36(5)19-26-42/h18-33,37-38,44,47H,7-17,34-35H2,1-5H3,(H,65,66)/b46-33-. The molecule has 350 valence electrons. The number of rotatable bonds is 19. The van der Waals surface area contributed by atoms with Crippen molar-refractivity contribution in [2.24, 2.45) is 11.8 Å². The van der Waals surface area contributed by atoms with Gasteiger partial charge in [0.1, 0.15) is 11.5 Å². The number of carboxylic acid groups (broad SMARTS) is 1. The van der Waals surface area contributed by atoms with Crippen LogP contribution in [-0.4, -0.2) is 51.8 Å². The van der Waals surface area contributed by atoms with E-state index in [0.717, 1.165) is 77.9 Å². The van der Waals surface area contributed by atoms with E-state index in [4.69, 9.17) is 11.0 Å². The van der Waals surface area contributed by atoms with E-state index in [1.54, 1.807) is 23.5 Å². The number of thiophene rings is 1. The summed E-state index contributed by atoms with van der Waals surface area (Å²) in [5, 5.41) is 9.37. The normalized spacial score (nSPS) is 18.7. The number of aryl methyl sites for hydroxylation is 1. The summed E-state index contributed by atoms with van der Waals surface area (Å²) in [5.41, 5.74) is 9.84. The van der Waals surface area contributed by atoms with Gasteiger partial charge in [-0.15, -0.1) is 11.3 Å². The van der Waals surface area contributed by atoms with E-state index in [0.29, 0.717) is 47.7 Å². The molecule has 5 aromatic rings. The summed E-state index contributed by atoms with van der Waals surface area (Å²) in [7, 11) is 0. The number of carboxylic acids is 1. The molecule has 1 saturated carbocycles. The quantitative estimate of drug-likeness (QED) is 0.0654. The fourth-order valence-corrected chi connectivity index (χ4v) is 12.0. The molecular formula is C58H62N4O5S. The highest BCUT2D eigenvalue weighted by molar-refractivity contribution is 7.16. The van der Waals surface area contributed by atoms with Crippen molar-refractivity contribution in [3.63, 3.8) is 0 Å². The molecule has 9 nitrogen and oxygen atoms in total. The number of unbranched alkanes of at least 4 members (excludes halogenated alkanes) is 2. The average molecular weight is 927 g/mol. The molecule has 0 bridgehead atoms. The second-order valence-corrected chi connectivity index (χ2v) is 20.2. The lowest BCUT2D eigenvalue weighted by Gasteiger charge is -2.29. The third-order valence-corrected chi connectivity index (χ3v) is 15.9. The Morgan fingerprint density at radius 2 is 1.40 bits per heavy atom. The lowest BCUT2D eigenvalue weighted by molar-refractivity contribution is -0.132. The minimum absolute atomic E-state index is 0.117. The molecule has 1 aliphatic carbocycles. The highest BCUT2D eigenvalue weighted by atomic mass is 32.1. The Labute approximate surface area is 405 Å². The number of fused-ring (bicyclic) bond motifs is 4. The van der Waals surface area contributed by atoms with Crippen molar-refractivity contribution >= 4 is 58.0 Å². The van der Waals surface area contributed by atoms with Crippen molar-refractivity contribution < 1.29 is 23.9 Å². The van der Waals surface area contributed by atoms with Crippen LogP contribution in [0.1, 0.15) is 132 Å². The van der Waals surface area contributed by atoms with Gasteiger partial charge in [-0.3, -0.25) is 14.4 Å². The van der Waals surface area contributed by atoms with Crippen molar-refractivity contribution in [3.8, 4) is 21.8 Å². The maximum Gasteiger partial charge on any atom is 0.333 e. The van der Waals surface area contributed by atoms with Crippen LogP contribution in [0.15, 0.2) is 112 Å². The summed E-state index contributed by atoms with van der Waals surface area (Å²) in [6.45, 7) is 19.2. The smallest absolute Gasteiger partial charge is 0.333 e. The van der Waals surface area contributed by atoms with Gasteiger partial charge in [0.15, 0.2) is 0 Å². The molecule has 1 N–H and O–H groups in total. The predicted octanol–water partition coefficient (Wildman–Crippen LogP) is 14.4. The highest BCUT2D eigenvalue weighted by Gasteiger charge is 2.50. The number of aliphatic carboxylic acids is 1. The van der Waals surface area contributed by atoms with Crippen molar-refractivity contribution in [2.45, 2.75) is 117 Å². The Bertz CT molecular complexity index is 2860. The lowest BCUT2D eigenvalue weighted by atomic mass is 9.95. The Hall–Kier alpha value is -6.44. The van der Waals surface area contributed by atoms with Gasteiger partial charge in [-0.25, -0.2) is 4.85 Å². The molecular weight excluding hydrogens is 865 g/mol. The van der Waals surface area contributed by atoms with Crippen LogP contribution < -0.4 is 4.90 Å². The molecule has 2 aromatic heterocycles. The van der Waals surface area contributed by atoms with E-state index in [-0.39, 0.29) is 29.4 Å². The van der Waals surface area contributed by atoms with E-state index in [1.165, 1.54) is 53.4 Å². The van der Waals surface area contributed by atoms with Crippen LogP contribution in [0.5, 0.6) is 0 Å². The first-order chi connectivity index (χ1) is 33.1. The molecule has 3 aromatic carbocycles. The molecule has 68 heavy (non-hydrogen) atoms. The van der Waals surface area contributed by atoms with Gasteiger partial charge >= 0.3 is 5.97 Å². The summed E-state index contributed by atoms with van der Waals surface area (Å²) < 4.78 is 5.97. The van der Waals surface area contributed by atoms with Gasteiger partial charge in [0, 0.05) is 46.9 Å². The first-order valence-electron chi connectivity index (χ1n) is 24.8. The zero-order chi connectivity index (χ0) is 47.6. The minimum atomic E-state index is -1.32. The van der Waals surface area contributed by atoms with Gasteiger partial charge < -0.3 is 24.2 Å². The molecule has 3 aliphatic heterocycles. The van der Waals surface area contributed by atoms with Gasteiger partial charge in [-0.2, -0.15) is 0 Å². The molecule has 4 unspecified atom stereocenters. The van der Waals surface area contributed by atoms with Crippen molar-refractivity contribution in [1.29, 1.82) is 0 Å².